The second kappa shape index (κ2) is 5.86. The van der Waals surface area contributed by atoms with Gasteiger partial charge in [0.2, 0.25) is 0 Å². The Kier molecular flexibility index (Phi) is 4.46. The van der Waals surface area contributed by atoms with Gasteiger partial charge in [-0.3, -0.25) is 4.79 Å². The van der Waals surface area contributed by atoms with E-state index in [1.807, 2.05) is 6.07 Å². The van der Waals surface area contributed by atoms with E-state index >= 15 is 0 Å². The summed E-state index contributed by atoms with van der Waals surface area (Å²) in [7, 11) is 0. The van der Waals surface area contributed by atoms with Crippen molar-refractivity contribution < 1.29 is 13.9 Å². The maximum atomic E-state index is 12.7. The first-order valence-corrected chi connectivity index (χ1v) is 4.98. The van der Waals surface area contributed by atoms with Crippen LogP contribution >= 0.6 is 0 Å². The molecule has 0 saturated carbocycles. The van der Waals surface area contributed by atoms with Crippen LogP contribution in [0.4, 0.5) is 4.39 Å². The monoisotopic (exact) mass is 221 g/mol. The third-order valence-electron chi connectivity index (χ3n) is 2.14. The number of carbonyl (C=O) groups excluding carboxylic acids is 1. The standard InChI is InChI=1S/C12H12FNO2/c1-2-16-12(15)11(7-8-14)9-3-5-10(13)6-4-9/h3-6,11H,2,7H2,1H3. The lowest BCUT2D eigenvalue weighted by Gasteiger charge is -2.12. The number of ether oxygens (including phenoxy) is 1. The van der Waals surface area contributed by atoms with Gasteiger partial charge < -0.3 is 4.74 Å². The Hall–Kier alpha value is -1.89. The van der Waals surface area contributed by atoms with Crippen molar-refractivity contribution >= 4 is 5.97 Å². The molecule has 0 N–H and O–H groups in total. The average Bonchev–Trinajstić information content (AvgIpc) is 2.28. The predicted octanol–water partition coefficient (Wildman–Crippen LogP) is 2.39. The molecular formula is C12H12FNO2. The topological polar surface area (TPSA) is 50.1 Å². The first-order chi connectivity index (χ1) is 7.69. The molecule has 0 spiro atoms. The molecule has 0 aliphatic carbocycles. The molecule has 84 valence electrons. The summed E-state index contributed by atoms with van der Waals surface area (Å²) >= 11 is 0. The number of hydrogen-bond acceptors (Lipinski definition) is 3. The maximum absolute atomic E-state index is 12.7. The summed E-state index contributed by atoms with van der Waals surface area (Å²) in [5, 5.41) is 8.64. The zero-order valence-electron chi connectivity index (χ0n) is 8.94. The van der Waals surface area contributed by atoms with Crippen LogP contribution in [0.1, 0.15) is 24.8 Å². The van der Waals surface area contributed by atoms with Crippen LogP contribution in [0.2, 0.25) is 0 Å². The van der Waals surface area contributed by atoms with Gasteiger partial charge in [-0.25, -0.2) is 4.39 Å². The van der Waals surface area contributed by atoms with Crippen molar-refractivity contribution in [3.05, 3.63) is 35.6 Å². The fraction of sp³-hybridized carbons (Fsp3) is 0.333. The van der Waals surface area contributed by atoms with E-state index in [1.54, 1.807) is 6.92 Å². The lowest BCUT2D eigenvalue weighted by Crippen LogP contribution is -2.15. The van der Waals surface area contributed by atoms with E-state index in [2.05, 4.69) is 0 Å². The Morgan fingerprint density at radius 3 is 2.62 bits per heavy atom. The van der Waals surface area contributed by atoms with E-state index in [9.17, 15) is 9.18 Å². The summed E-state index contributed by atoms with van der Waals surface area (Å²) in [5.74, 6) is -1.45. The van der Waals surface area contributed by atoms with Crippen molar-refractivity contribution in [2.24, 2.45) is 0 Å². The average molecular weight is 221 g/mol. The molecule has 1 unspecified atom stereocenters. The van der Waals surface area contributed by atoms with Crippen LogP contribution in [0.25, 0.3) is 0 Å². The fourth-order valence-corrected chi connectivity index (χ4v) is 1.37. The predicted molar refractivity (Wildman–Crippen MR) is 56.0 cm³/mol. The summed E-state index contributed by atoms with van der Waals surface area (Å²) in [6.45, 7) is 1.97. The zero-order valence-corrected chi connectivity index (χ0v) is 8.94. The lowest BCUT2D eigenvalue weighted by molar-refractivity contribution is -0.144. The van der Waals surface area contributed by atoms with Gasteiger partial charge in [-0.1, -0.05) is 12.1 Å². The Morgan fingerprint density at radius 2 is 2.12 bits per heavy atom. The molecule has 0 saturated heterocycles. The highest BCUT2D eigenvalue weighted by Crippen LogP contribution is 2.21. The number of esters is 1. The molecule has 0 bridgehead atoms. The second-order valence-corrected chi connectivity index (χ2v) is 3.22. The first kappa shape index (κ1) is 12.2. The molecule has 0 radical (unpaired) electrons. The van der Waals surface area contributed by atoms with Gasteiger partial charge in [0, 0.05) is 0 Å². The molecule has 1 atom stereocenters. The highest BCUT2D eigenvalue weighted by Gasteiger charge is 2.21. The largest absolute Gasteiger partial charge is 0.465 e. The number of carbonyl (C=O) groups is 1. The maximum Gasteiger partial charge on any atom is 0.314 e. The summed E-state index contributed by atoms with van der Waals surface area (Å²) in [4.78, 5) is 11.6. The summed E-state index contributed by atoms with van der Waals surface area (Å²) < 4.78 is 17.6. The highest BCUT2D eigenvalue weighted by molar-refractivity contribution is 5.78. The van der Waals surface area contributed by atoms with Gasteiger partial charge in [-0.2, -0.15) is 5.26 Å². The van der Waals surface area contributed by atoms with Crippen molar-refractivity contribution in [2.45, 2.75) is 19.3 Å². The van der Waals surface area contributed by atoms with E-state index in [0.29, 0.717) is 5.56 Å². The Balaban J connectivity index is 2.89. The highest BCUT2D eigenvalue weighted by atomic mass is 19.1. The quantitative estimate of drug-likeness (QED) is 0.733. The molecule has 0 amide bonds. The summed E-state index contributed by atoms with van der Waals surface area (Å²) in [5.41, 5.74) is 0.599. The molecule has 3 nitrogen and oxygen atoms in total. The molecule has 1 aromatic rings. The molecule has 0 fully saturated rings. The van der Waals surface area contributed by atoms with Crippen molar-refractivity contribution in [1.29, 1.82) is 5.26 Å². The molecule has 0 aliphatic rings. The molecule has 0 aliphatic heterocycles. The van der Waals surface area contributed by atoms with Gasteiger partial charge >= 0.3 is 5.97 Å². The van der Waals surface area contributed by atoms with Crippen LogP contribution in [-0.2, 0) is 9.53 Å². The van der Waals surface area contributed by atoms with Crippen LogP contribution in [0, 0.1) is 17.1 Å². The number of benzene rings is 1. The van der Waals surface area contributed by atoms with Crippen molar-refractivity contribution in [3.63, 3.8) is 0 Å². The molecule has 0 heterocycles. The normalized spacial score (nSPS) is 11.6. The fourth-order valence-electron chi connectivity index (χ4n) is 1.37. The van der Waals surface area contributed by atoms with E-state index in [-0.39, 0.29) is 18.8 Å². The minimum absolute atomic E-state index is 0.0322. The molecule has 16 heavy (non-hydrogen) atoms. The van der Waals surface area contributed by atoms with Crippen LogP contribution in [0.15, 0.2) is 24.3 Å². The van der Waals surface area contributed by atoms with Gasteiger partial charge in [-0.15, -0.1) is 0 Å². The van der Waals surface area contributed by atoms with E-state index in [1.165, 1.54) is 24.3 Å². The minimum Gasteiger partial charge on any atom is -0.465 e. The van der Waals surface area contributed by atoms with Crippen LogP contribution < -0.4 is 0 Å². The second-order valence-electron chi connectivity index (χ2n) is 3.22. The molecule has 0 aromatic heterocycles. The van der Waals surface area contributed by atoms with E-state index < -0.39 is 11.9 Å². The van der Waals surface area contributed by atoms with E-state index in [0.717, 1.165) is 0 Å². The number of hydrogen-bond donors (Lipinski definition) is 0. The van der Waals surface area contributed by atoms with Crippen LogP contribution in [-0.4, -0.2) is 12.6 Å². The van der Waals surface area contributed by atoms with Gasteiger partial charge in [0.1, 0.15) is 5.82 Å². The Labute approximate surface area is 93.5 Å². The van der Waals surface area contributed by atoms with E-state index in [4.69, 9.17) is 10.00 Å². The minimum atomic E-state index is -0.634. The molecular weight excluding hydrogens is 209 g/mol. The van der Waals surface area contributed by atoms with Gasteiger partial charge in [0.25, 0.3) is 0 Å². The SMILES string of the molecule is CCOC(=O)C(CC#N)c1ccc(F)cc1. The summed E-state index contributed by atoms with van der Waals surface area (Å²) in [6.07, 6.45) is 0.0322. The third kappa shape index (κ3) is 3.06. The van der Waals surface area contributed by atoms with Crippen LogP contribution in [0.5, 0.6) is 0 Å². The third-order valence-corrected chi connectivity index (χ3v) is 2.14. The molecule has 1 rings (SSSR count). The number of rotatable bonds is 4. The lowest BCUT2D eigenvalue weighted by atomic mass is 9.96. The summed E-state index contributed by atoms with van der Waals surface area (Å²) in [6, 6.07) is 7.44. The van der Waals surface area contributed by atoms with Gasteiger partial charge in [0.15, 0.2) is 0 Å². The Bertz CT molecular complexity index is 394. The van der Waals surface area contributed by atoms with Crippen molar-refractivity contribution in [1.82, 2.24) is 0 Å². The number of nitriles is 1. The van der Waals surface area contributed by atoms with Gasteiger partial charge in [0.05, 0.1) is 25.0 Å². The number of nitrogens with zero attached hydrogens (tertiary/aromatic N) is 1. The van der Waals surface area contributed by atoms with Crippen molar-refractivity contribution in [3.8, 4) is 6.07 Å². The molecule has 4 heteroatoms. The number of halogens is 1. The Morgan fingerprint density at radius 1 is 1.50 bits per heavy atom. The van der Waals surface area contributed by atoms with Gasteiger partial charge in [-0.05, 0) is 24.6 Å². The zero-order chi connectivity index (χ0) is 12.0. The molecule has 1 aromatic carbocycles. The van der Waals surface area contributed by atoms with Crippen LogP contribution in [0.3, 0.4) is 0 Å². The first-order valence-electron chi connectivity index (χ1n) is 4.98. The van der Waals surface area contributed by atoms with Crippen molar-refractivity contribution in [2.75, 3.05) is 6.61 Å². The smallest absolute Gasteiger partial charge is 0.314 e.